The van der Waals surface area contributed by atoms with Crippen LogP contribution < -0.4 is 9.80 Å². The molecule has 0 radical (unpaired) electrons. The highest BCUT2D eigenvalue weighted by Gasteiger charge is 2.37. The van der Waals surface area contributed by atoms with E-state index < -0.39 is 0 Å². The monoisotopic (exact) mass is 870 g/mol. The molecule has 0 saturated carbocycles. The Hall–Kier alpha value is -7.64. The summed E-state index contributed by atoms with van der Waals surface area (Å²) < 4.78 is 2.40. The number of benzene rings is 9. The van der Waals surface area contributed by atoms with Gasteiger partial charge in [0.25, 0.3) is 0 Å². The van der Waals surface area contributed by atoms with Crippen molar-refractivity contribution < 1.29 is 0 Å². The largest absolute Gasteiger partial charge is 0.310 e. The zero-order valence-corrected chi connectivity index (χ0v) is 37.5. The quantitative estimate of drug-likeness (QED) is 0.152. The maximum atomic E-state index is 5.02. The fourth-order valence-corrected chi connectivity index (χ4v) is 11.4. The normalized spacial score (nSPS) is 12.9. The first-order valence-electron chi connectivity index (χ1n) is 22.0. The lowest BCUT2D eigenvalue weighted by atomic mass is 9.73. The van der Waals surface area contributed by atoms with E-state index in [0.717, 1.165) is 66.1 Å². The van der Waals surface area contributed by atoms with Gasteiger partial charge in [0.2, 0.25) is 0 Å². The van der Waals surface area contributed by atoms with E-state index in [2.05, 4.69) is 236 Å². The third-order valence-corrected chi connectivity index (χ3v) is 14.9. The van der Waals surface area contributed by atoms with Crippen LogP contribution in [0.25, 0.3) is 63.8 Å². The van der Waals surface area contributed by atoms with Crippen molar-refractivity contribution >= 4 is 77.2 Å². The SMILES string of the molecule is CC1(C)c2ccccc2N(c2ccc(-c3ccc(N(c4ccc(-c5nc6ccccc6s5)cc4)c4ccccc4-c4ccccc4)cc3)cc2)c2ccc(-c3nc4ccccc4s3)cc21. The lowest BCUT2D eigenvalue weighted by molar-refractivity contribution is 0.632. The van der Waals surface area contributed by atoms with Gasteiger partial charge in [0, 0.05) is 39.2 Å². The molecule has 11 aromatic rings. The van der Waals surface area contributed by atoms with E-state index in [-0.39, 0.29) is 5.41 Å². The molecule has 0 atom stereocenters. The molecular weight excluding hydrogens is 829 g/mol. The molecule has 12 rings (SSSR count). The Balaban J connectivity index is 0.890. The molecule has 0 aliphatic carbocycles. The second-order valence-corrected chi connectivity index (χ2v) is 19.1. The van der Waals surface area contributed by atoms with Gasteiger partial charge in [-0.15, -0.1) is 22.7 Å². The highest BCUT2D eigenvalue weighted by Crippen LogP contribution is 2.53. The van der Waals surface area contributed by atoms with Gasteiger partial charge in [-0.25, -0.2) is 9.97 Å². The van der Waals surface area contributed by atoms with Crippen molar-refractivity contribution in [3.05, 3.63) is 230 Å². The molecule has 3 heterocycles. The molecule has 0 N–H and O–H groups in total. The standard InChI is InChI=1S/C59H42N4S2/c1-59(2)48-17-7-11-21-53(48)63(54-37-30-43(38-49(54)59)58-61-51-19-9-13-23-56(51)65-58)46-33-26-40(27-34-46)39-24-31-44(32-25-39)62(52-20-10-6-16-47(52)41-14-4-3-5-15-41)45-35-28-42(29-36-45)57-60-50-18-8-12-22-55(50)64-57/h3-38H,1-2H3. The van der Waals surface area contributed by atoms with E-state index in [1.165, 1.54) is 43.0 Å². The van der Waals surface area contributed by atoms with Crippen LogP contribution in [-0.2, 0) is 5.41 Å². The summed E-state index contributed by atoms with van der Waals surface area (Å²) in [5.41, 5.74) is 18.2. The number of hydrogen-bond donors (Lipinski definition) is 0. The number of hydrogen-bond acceptors (Lipinski definition) is 6. The predicted molar refractivity (Wildman–Crippen MR) is 276 cm³/mol. The smallest absolute Gasteiger partial charge is 0.124 e. The first-order valence-corrected chi connectivity index (χ1v) is 23.6. The van der Waals surface area contributed by atoms with E-state index in [9.17, 15) is 0 Å². The van der Waals surface area contributed by atoms with Crippen LogP contribution in [0.2, 0.25) is 0 Å². The number of fused-ring (bicyclic) bond motifs is 4. The van der Waals surface area contributed by atoms with Crippen molar-refractivity contribution in [1.29, 1.82) is 0 Å². The number of para-hydroxylation sites is 4. The van der Waals surface area contributed by atoms with Gasteiger partial charge < -0.3 is 9.80 Å². The Labute approximate surface area is 387 Å². The molecule has 0 bridgehead atoms. The molecule has 0 spiro atoms. The molecule has 2 aromatic heterocycles. The zero-order chi connectivity index (χ0) is 43.5. The first-order chi connectivity index (χ1) is 32.0. The van der Waals surface area contributed by atoms with Gasteiger partial charge in [-0.05, 0) is 131 Å². The molecule has 1 aliphatic rings. The van der Waals surface area contributed by atoms with E-state index in [0.29, 0.717) is 0 Å². The van der Waals surface area contributed by atoms with E-state index >= 15 is 0 Å². The van der Waals surface area contributed by atoms with Gasteiger partial charge in [-0.1, -0.05) is 129 Å². The predicted octanol–water partition coefficient (Wildman–Crippen LogP) is 17.2. The highest BCUT2D eigenvalue weighted by molar-refractivity contribution is 7.22. The number of nitrogens with zero attached hydrogens (tertiary/aromatic N) is 4. The first kappa shape index (κ1) is 39.0. The third kappa shape index (κ3) is 6.90. The molecule has 9 aromatic carbocycles. The minimum atomic E-state index is -0.204. The number of anilines is 6. The minimum Gasteiger partial charge on any atom is -0.310 e. The van der Waals surface area contributed by atoms with Crippen LogP contribution in [0.15, 0.2) is 218 Å². The molecule has 1 aliphatic heterocycles. The summed E-state index contributed by atoms with van der Waals surface area (Å²) >= 11 is 3.48. The summed E-state index contributed by atoms with van der Waals surface area (Å²) in [6.07, 6.45) is 0. The van der Waals surface area contributed by atoms with Gasteiger partial charge in [-0.2, -0.15) is 0 Å². The lowest BCUT2D eigenvalue weighted by Gasteiger charge is -2.42. The lowest BCUT2D eigenvalue weighted by Crippen LogP contribution is -2.30. The van der Waals surface area contributed by atoms with Gasteiger partial charge in [-0.3, -0.25) is 0 Å². The van der Waals surface area contributed by atoms with Gasteiger partial charge >= 0.3 is 0 Å². The van der Waals surface area contributed by atoms with Crippen molar-refractivity contribution in [3.63, 3.8) is 0 Å². The summed E-state index contributed by atoms with van der Waals surface area (Å²) in [5.74, 6) is 0. The molecule has 4 nitrogen and oxygen atoms in total. The fraction of sp³-hybridized carbons (Fsp3) is 0.0508. The highest BCUT2D eigenvalue weighted by atomic mass is 32.1. The van der Waals surface area contributed by atoms with Gasteiger partial charge in [0.15, 0.2) is 0 Å². The second kappa shape index (κ2) is 15.9. The molecule has 0 saturated heterocycles. The molecule has 65 heavy (non-hydrogen) atoms. The summed E-state index contributed by atoms with van der Waals surface area (Å²) in [6, 6.07) is 78.7. The maximum absolute atomic E-state index is 5.02. The average molecular weight is 871 g/mol. The van der Waals surface area contributed by atoms with Crippen LogP contribution in [0.5, 0.6) is 0 Å². The van der Waals surface area contributed by atoms with Crippen molar-refractivity contribution in [3.8, 4) is 43.4 Å². The maximum Gasteiger partial charge on any atom is 0.124 e. The number of aromatic nitrogens is 2. The van der Waals surface area contributed by atoms with Crippen LogP contribution in [0, 0.1) is 0 Å². The van der Waals surface area contributed by atoms with Crippen LogP contribution >= 0.6 is 22.7 Å². The fourth-order valence-electron chi connectivity index (χ4n) is 9.42. The Morgan fingerprint density at radius 2 is 0.923 bits per heavy atom. The molecule has 0 fully saturated rings. The molecule has 0 amide bonds. The van der Waals surface area contributed by atoms with E-state index in [1.807, 2.05) is 6.07 Å². The Bertz CT molecular complexity index is 3450. The minimum absolute atomic E-state index is 0.204. The molecule has 310 valence electrons. The van der Waals surface area contributed by atoms with Gasteiger partial charge in [0.1, 0.15) is 10.0 Å². The van der Waals surface area contributed by atoms with Crippen LogP contribution in [-0.4, -0.2) is 9.97 Å². The summed E-state index contributed by atoms with van der Waals surface area (Å²) in [6.45, 7) is 4.69. The Morgan fingerprint density at radius 3 is 1.58 bits per heavy atom. The Morgan fingerprint density at radius 1 is 0.415 bits per heavy atom. The average Bonchev–Trinajstić information content (AvgIpc) is 4.01. The topological polar surface area (TPSA) is 32.3 Å². The molecule has 0 unspecified atom stereocenters. The molecule has 6 heteroatoms. The Kier molecular flexibility index (Phi) is 9.51. The van der Waals surface area contributed by atoms with Crippen molar-refractivity contribution in [2.24, 2.45) is 0 Å². The zero-order valence-electron chi connectivity index (χ0n) is 35.9. The number of thiazole rings is 2. The third-order valence-electron chi connectivity index (χ3n) is 12.8. The van der Waals surface area contributed by atoms with Gasteiger partial charge in [0.05, 0.1) is 37.5 Å². The summed E-state index contributed by atoms with van der Waals surface area (Å²) in [7, 11) is 0. The van der Waals surface area contributed by atoms with Crippen LogP contribution in [0.1, 0.15) is 25.0 Å². The van der Waals surface area contributed by atoms with E-state index in [4.69, 9.17) is 9.97 Å². The summed E-state index contributed by atoms with van der Waals surface area (Å²) in [4.78, 5) is 14.8. The van der Waals surface area contributed by atoms with Crippen molar-refractivity contribution in [2.75, 3.05) is 9.80 Å². The molecular formula is C59H42N4S2. The van der Waals surface area contributed by atoms with Crippen molar-refractivity contribution in [2.45, 2.75) is 19.3 Å². The van der Waals surface area contributed by atoms with Crippen molar-refractivity contribution in [1.82, 2.24) is 9.97 Å². The second-order valence-electron chi connectivity index (χ2n) is 17.0. The number of rotatable bonds is 8. The summed E-state index contributed by atoms with van der Waals surface area (Å²) in [5, 5.41) is 2.07. The van der Waals surface area contributed by atoms with E-state index in [1.54, 1.807) is 22.7 Å². The van der Waals surface area contributed by atoms with Crippen LogP contribution in [0.3, 0.4) is 0 Å². The van der Waals surface area contributed by atoms with Crippen LogP contribution in [0.4, 0.5) is 34.1 Å².